The summed E-state index contributed by atoms with van der Waals surface area (Å²) >= 11 is 0. The van der Waals surface area contributed by atoms with Crippen molar-refractivity contribution < 1.29 is 24.5 Å². The van der Waals surface area contributed by atoms with Gasteiger partial charge in [0, 0.05) is 17.7 Å². The summed E-state index contributed by atoms with van der Waals surface area (Å²) in [5.74, 6) is 0.628. The highest BCUT2D eigenvalue weighted by Crippen LogP contribution is 2.28. The largest absolute Gasteiger partial charge is 0.508 e. The van der Waals surface area contributed by atoms with E-state index in [4.69, 9.17) is 9.47 Å². The van der Waals surface area contributed by atoms with E-state index in [1.807, 2.05) is 37.3 Å². The Morgan fingerprint density at radius 2 is 1.59 bits per heavy atom. The number of carbonyl (C=O) groups is 1. The van der Waals surface area contributed by atoms with Crippen molar-refractivity contribution in [3.05, 3.63) is 89.5 Å². The number of benzene rings is 3. The van der Waals surface area contributed by atoms with Crippen LogP contribution >= 0.6 is 0 Å². The standard InChI is InChI=1S/C24H22O5/c1-2-28-23-14-19(25)10-8-18(23)9-13-22(27)21-12-11-20(26)15-24(21)29-16-17-6-4-3-5-7-17/h3-15,25-26H,2,16H2,1H3. The van der Waals surface area contributed by atoms with Gasteiger partial charge in [-0.2, -0.15) is 0 Å². The molecule has 0 fully saturated rings. The Bertz CT molecular complexity index is 1010. The van der Waals surface area contributed by atoms with E-state index < -0.39 is 0 Å². The van der Waals surface area contributed by atoms with Gasteiger partial charge in [0.15, 0.2) is 5.78 Å². The van der Waals surface area contributed by atoms with Crippen molar-refractivity contribution in [2.24, 2.45) is 0 Å². The Morgan fingerprint density at radius 1 is 0.897 bits per heavy atom. The van der Waals surface area contributed by atoms with Gasteiger partial charge in [0.2, 0.25) is 0 Å². The maximum Gasteiger partial charge on any atom is 0.189 e. The molecule has 148 valence electrons. The fraction of sp³-hybridized carbons (Fsp3) is 0.125. The molecule has 0 unspecified atom stereocenters. The first kappa shape index (κ1) is 20.0. The van der Waals surface area contributed by atoms with Crippen LogP contribution in [0.2, 0.25) is 0 Å². The van der Waals surface area contributed by atoms with Crippen molar-refractivity contribution in [3.8, 4) is 23.0 Å². The Morgan fingerprint density at radius 3 is 2.31 bits per heavy atom. The third-order valence-electron chi connectivity index (χ3n) is 4.18. The fourth-order valence-corrected chi connectivity index (χ4v) is 2.77. The second-order valence-corrected chi connectivity index (χ2v) is 6.31. The second-order valence-electron chi connectivity index (χ2n) is 6.31. The van der Waals surface area contributed by atoms with Gasteiger partial charge in [0.05, 0.1) is 12.2 Å². The molecule has 0 aliphatic heterocycles. The zero-order valence-corrected chi connectivity index (χ0v) is 16.0. The number of carbonyl (C=O) groups excluding carboxylic acids is 1. The van der Waals surface area contributed by atoms with Crippen LogP contribution in [0.4, 0.5) is 0 Å². The van der Waals surface area contributed by atoms with E-state index in [9.17, 15) is 15.0 Å². The van der Waals surface area contributed by atoms with E-state index in [-0.39, 0.29) is 23.9 Å². The molecule has 0 heterocycles. The summed E-state index contributed by atoms with van der Waals surface area (Å²) in [5, 5.41) is 19.4. The van der Waals surface area contributed by atoms with Crippen molar-refractivity contribution in [3.63, 3.8) is 0 Å². The van der Waals surface area contributed by atoms with Gasteiger partial charge >= 0.3 is 0 Å². The van der Waals surface area contributed by atoms with E-state index in [0.29, 0.717) is 29.2 Å². The SMILES string of the molecule is CCOc1cc(O)ccc1C=CC(=O)c1ccc(O)cc1OCc1ccccc1. The van der Waals surface area contributed by atoms with Crippen LogP contribution < -0.4 is 9.47 Å². The zero-order valence-electron chi connectivity index (χ0n) is 16.0. The number of hydrogen-bond acceptors (Lipinski definition) is 5. The number of allylic oxidation sites excluding steroid dienone is 1. The van der Waals surface area contributed by atoms with Gasteiger partial charge in [-0.1, -0.05) is 30.3 Å². The van der Waals surface area contributed by atoms with Crippen molar-refractivity contribution >= 4 is 11.9 Å². The van der Waals surface area contributed by atoms with E-state index in [2.05, 4.69) is 0 Å². The van der Waals surface area contributed by atoms with E-state index in [0.717, 1.165) is 5.56 Å². The summed E-state index contributed by atoms with van der Waals surface area (Å²) in [5.41, 5.74) is 1.96. The summed E-state index contributed by atoms with van der Waals surface area (Å²) < 4.78 is 11.3. The summed E-state index contributed by atoms with van der Waals surface area (Å²) in [4.78, 5) is 12.8. The first-order valence-corrected chi connectivity index (χ1v) is 9.25. The van der Waals surface area contributed by atoms with Crippen LogP contribution in [0.5, 0.6) is 23.0 Å². The highest BCUT2D eigenvalue weighted by Gasteiger charge is 2.12. The van der Waals surface area contributed by atoms with Gasteiger partial charge in [-0.25, -0.2) is 0 Å². The number of hydrogen-bond donors (Lipinski definition) is 2. The molecule has 29 heavy (non-hydrogen) atoms. The maximum absolute atomic E-state index is 12.8. The third kappa shape index (κ3) is 5.39. The van der Waals surface area contributed by atoms with Crippen LogP contribution in [0, 0.1) is 0 Å². The number of phenols is 2. The summed E-state index contributed by atoms with van der Waals surface area (Å²) in [6.07, 6.45) is 3.04. The minimum absolute atomic E-state index is 0.0192. The van der Waals surface area contributed by atoms with Crippen LogP contribution in [0.1, 0.15) is 28.4 Å². The van der Waals surface area contributed by atoms with E-state index in [1.54, 1.807) is 12.1 Å². The van der Waals surface area contributed by atoms with Crippen molar-refractivity contribution in [2.45, 2.75) is 13.5 Å². The van der Waals surface area contributed by atoms with Crippen LogP contribution in [-0.2, 0) is 6.61 Å². The highest BCUT2D eigenvalue weighted by molar-refractivity contribution is 6.08. The summed E-state index contributed by atoms with van der Waals surface area (Å²) in [7, 11) is 0. The zero-order chi connectivity index (χ0) is 20.6. The third-order valence-corrected chi connectivity index (χ3v) is 4.18. The van der Waals surface area contributed by atoms with Crippen LogP contribution in [0.3, 0.4) is 0 Å². The summed E-state index contributed by atoms with van der Waals surface area (Å²) in [6.45, 7) is 2.56. The monoisotopic (exact) mass is 390 g/mol. The molecular formula is C24H22O5. The molecule has 0 aromatic heterocycles. The number of ketones is 1. The van der Waals surface area contributed by atoms with E-state index >= 15 is 0 Å². The quantitative estimate of drug-likeness (QED) is 0.419. The molecule has 0 aliphatic carbocycles. The lowest BCUT2D eigenvalue weighted by Gasteiger charge is -2.11. The van der Waals surface area contributed by atoms with Gasteiger partial charge < -0.3 is 19.7 Å². The molecule has 5 nitrogen and oxygen atoms in total. The van der Waals surface area contributed by atoms with Gasteiger partial charge in [0.25, 0.3) is 0 Å². The van der Waals surface area contributed by atoms with Gasteiger partial charge in [0.1, 0.15) is 29.6 Å². The smallest absolute Gasteiger partial charge is 0.189 e. The highest BCUT2D eigenvalue weighted by atomic mass is 16.5. The molecule has 0 spiro atoms. The maximum atomic E-state index is 12.8. The molecule has 3 aromatic rings. The number of ether oxygens (including phenoxy) is 2. The second kappa shape index (κ2) is 9.46. The lowest BCUT2D eigenvalue weighted by Crippen LogP contribution is -2.02. The van der Waals surface area contributed by atoms with Crippen molar-refractivity contribution in [2.75, 3.05) is 6.61 Å². The average Bonchev–Trinajstić information content (AvgIpc) is 2.72. The lowest BCUT2D eigenvalue weighted by atomic mass is 10.1. The molecule has 0 atom stereocenters. The molecule has 3 aromatic carbocycles. The number of aromatic hydroxyl groups is 2. The molecule has 0 radical (unpaired) electrons. The molecule has 0 saturated carbocycles. The number of phenolic OH excluding ortho intramolecular Hbond substituents is 2. The van der Waals surface area contributed by atoms with Crippen LogP contribution in [0.25, 0.3) is 6.08 Å². The normalized spacial score (nSPS) is 10.8. The molecule has 3 rings (SSSR count). The first-order chi connectivity index (χ1) is 14.1. The summed E-state index contributed by atoms with van der Waals surface area (Å²) in [6, 6.07) is 18.7. The van der Waals surface area contributed by atoms with Gasteiger partial charge in [-0.05, 0) is 48.9 Å². The molecule has 0 saturated heterocycles. The van der Waals surface area contributed by atoms with Crippen molar-refractivity contribution in [1.82, 2.24) is 0 Å². The number of rotatable bonds is 8. The molecule has 0 amide bonds. The Labute approximate surface area is 169 Å². The predicted molar refractivity (Wildman–Crippen MR) is 112 cm³/mol. The average molecular weight is 390 g/mol. The Balaban J connectivity index is 1.81. The molecule has 0 aliphatic rings. The first-order valence-electron chi connectivity index (χ1n) is 9.25. The van der Waals surface area contributed by atoms with E-state index in [1.165, 1.54) is 36.4 Å². The topological polar surface area (TPSA) is 76.0 Å². The van der Waals surface area contributed by atoms with Crippen LogP contribution in [0.15, 0.2) is 72.8 Å². The van der Waals surface area contributed by atoms with Gasteiger partial charge in [-0.15, -0.1) is 0 Å². The molecule has 5 heteroatoms. The Kier molecular flexibility index (Phi) is 6.53. The fourth-order valence-electron chi connectivity index (χ4n) is 2.77. The lowest BCUT2D eigenvalue weighted by molar-refractivity contribution is 0.104. The Hall–Kier alpha value is -3.73. The minimum atomic E-state index is -0.274. The predicted octanol–water partition coefficient (Wildman–Crippen LogP) is 4.97. The molecule has 0 bridgehead atoms. The van der Waals surface area contributed by atoms with Crippen molar-refractivity contribution in [1.29, 1.82) is 0 Å². The molecule has 2 N–H and O–H groups in total. The van der Waals surface area contributed by atoms with Crippen LogP contribution in [-0.4, -0.2) is 22.6 Å². The molecular weight excluding hydrogens is 368 g/mol. The van der Waals surface area contributed by atoms with Gasteiger partial charge in [-0.3, -0.25) is 4.79 Å². The minimum Gasteiger partial charge on any atom is -0.508 e.